The minimum atomic E-state index is -0.714. The minimum Gasteiger partial charge on any atom is -0.462 e. The van der Waals surface area contributed by atoms with Crippen molar-refractivity contribution >= 4 is 34.1 Å². The Morgan fingerprint density at radius 2 is 1.68 bits per heavy atom. The van der Waals surface area contributed by atoms with Crippen molar-refractivity contribution in [1.29, 1.82) is 0 Å². The Bertz CT molecular complexity index is 931. The van der Waals surface area contributed by atoms with Crippen LogP contribution in [0.5, 0.6) is 0 Å². The predicted molar refractivity (Wildman–Crippen MR) is 125 cm³/mol. The molecule has 0 atom stereocenters. The summed E-state index contributed by atoms with van der Waals surface area (Å²) >= 11 is 1.13. The number of nitrogens with zero attached hydrogens (tertiary/aromatic N) is 1. The van der Waals surface area contributed by atoms with Gasteiger partial charge in [-0.25, -0.2) is 4.79 Å². The number of anilines is 1. The summed E-state index contributed by atoms with van der Waals surface area (Å²) in [6, 6.07) is 9.78. The van der Waals surface area contributed by atoms with Gasteiger partial charge >= 0.3 is 5.97 Å². The van der Waals surface area contributed by atoms with Gasteiger partial charge in [-0.2, -0.15) is 0 Å². The standard InChI is InChI=1S/C24H32N2O4S/c1-7-26(8-2)21(27)19-16(4)18(22(28)30-9-3)20(31-19)25-23(29)24(5,6)15-17-13-11-10-12-14-17/h10-14H,7-9,15H2,1-6H3,(H,25,29). The molecular formula is C24H32N2O4S. The lowest BCUT2D eigenvalue weighted by molar-refractivity contribution is -0.123. The number of carbonyl (C=O) groups excluding carboxylic acids is 3. The fraction of sp³-hybridized carbons (Fsp3) is 0.458. The Labute approximate surface area is 188 Å². The van der Waals surface area contributed by atoms with Crippen molar-refractivity contribution < 1.29 is 19.1 Å². The molecule has 2 amide bonds. The zero-order valence-corrected chi connectivity index (χ0v) is 20.0. The van der Waals surface area contributed by atoms with Gasteiger partial charge in [-0.3, -0.25) is 9.59 Å². The third-order valence-electron chi connectivity index (χ3n) is 5.20. The zero-order chi connectivity index (χ0) is 23.2. The highest BCUT2D eigenvalue weighted by Gasteiger charge is 2.32. The molecule has 2 rings (SSSR count). The van der Waals surface area contributed by atoms with Gasteiger partial charge in [0.05, 0.1) is 17.0 Å². The maximum absolute atomic E-state index is 13.2. The molecule has 31 heavy (non-hydrogen) atoms. The van der Waals surface area contributed by atoms with Crippen molar-refractivity contribution in [3.05, 3.63) is 51.9 Å². The first-order chi connectivity index (χ1) is 14.7. The van der Waals surface area contributed by atoms with Crippen LogP contribution in [0.15, 0.2) is 30.3 Å². The van der Waals surface area contributed by atoms with Crippen LogP contribution in [0.2, 0.25) is 0 Å². The molecule has 1 N–H and O–H groups in total. The van der Waals surface area contributed by atoms with Gasteiger partial charge in [0.1, 0.15) is 5.00 Å². The van der Waals surface area contributed by atoms with E-state index < -0.39 is 11.4 Å². The molecule has 0 saturated heterocycles. The first-order valence-corrected chi connectivity index (χ1v) is 11.4. The van der Waals surface area contributed by atoms with E-state index in [9.17, 15) is 14.4 Å². The third-order valence-corrected chi connectivity index (χ3v) is 6.40. The van der Waals surface area contributed by atoms with Crippen molar-refractivity contribution in [2.24, 2.45) is 5.41 Å². The minimum absolute atomic E-state index is 0.151. The van der Waals surface area contributed by atoms with E-state index in [1.807, 2.05) is 58.0 Å². The monoisotopic (exact) mass is 444 g/mol. The maximum Gasteiger partial charge on any atom is 0.341 e. The van der Waals surface area contributed by atoms with Crippen LogP contribution in [0, 0.1) is 12.3 Å². The summed E-state index contributed by atoms with van der Waals surface area (Å²) in [6.45, 7) is 12.3. The van der Waals surface area contributed by atoms with Gasteiger partial charge in [0.2, 0.25) is 5.91 Å². The van der Waals surface area contributed by atoms with Crippen LogP contribution in [0.25, 0.3) is 0 Å². The van der Waals surface area contributed by atoms with E-state index >= 15 is 0 Å². The Balaban J connectivity index is 2.39. The third kappa shape index (κ3) is 5.73. The van der Waals surface area contributed by atoms with Gasteiger partial charge in [0.25, 0.3) is 5.91 Å². The lowest BCUT2D eigenvalue weighted by atomic mass is 9.85. The molecule has 6 nitrogen and oxygen atoms in total. The number of amides is 2. The van der Waals surface area contributed by atoms with Gasteiger partial charge in [0.15, 0.2) is 0 Å². The number of rotatable bonds is 9. The zero-order valence-electron chi connectivity index (χ0n) is 19.2. The first-order valence-electron chi connectivity index (χ1n) is 10.6. The van der Waals surface area contributed by atoms with Crippen LogP contribution in [-0.2, 0) is 16.0 Å². The molecule has 2 aromatic rings. The Hall–Kier alpha value is -2.67. The summed E-state index contributed by atoms with van der Waals surface area (Å²) in [4.78, 5) is 40.9. The van der Waals surface area contributed by atoms with E-state index in [4.69, 9.17) is 4.74 Å². The second kappa shape index (κ2) is 10.6. The molecule has 0 bridgehead atoms. The highest BCUT2D eigenvalue weighted by atomic mass is 32.1. The van der Waals surface area contributed by atoms with Gasteiger partial charge < -0.3 is 15.0 Å². The second-order valence-electron chi connectivity index (χ2n) is 7.96. The summed E-state index contributed by atoms with van der Waals surface area (Å²) in [6.07, 6.45) is 0.546. The van der Waals surface area contributed by atoms with E-state index in [0.717, 1.165) is 16.9 Å². The number of hydrogen-bond acceptors (Lipinski definition) is 5. The largest absolute Gasteiger partial charge is 0.462 e. The summed E-state index contributed by atoms with van der Waals surface area (Å²) in [5.41, 5.74) is 1.13. The van der Waals surface area contributed by atoms with E-state index in [0.29, 0.717) is 35.0 Å². The molecule has 0 spiro atoms. The molecule has 0 unspecified atom stereocenters. The number of thiophene rings is 1. The molecule has 7 heteroatoms. The normalized spacial score (nSPS) is 11.2. The molecule has 0 saturated carbocycles. The molecule has 0 aliphatic heterocycles. The van der Waals surface area contributed by atoms with Crippen molar-refractivity contribution in [2.75, 3.05) is 25.0 Å². The summed E-state index contributed by atoms with van der Waals surface area (Å²) in [5.74, 6) is -0.905. The molecule has 0 fully saturated rings. The molecule has 0 aliphatic carbocycles. The lowest BCUT2D eigenvalue weighted by Crippen LogP contribution is -2.33. The number of ether oxygens (including phenoxy) is 1. The van der Waals surface area contributed by atoms with Gasteiger partial charge in [0, 0.05) is 18.5 Å². The lowest BCUT2D eigenvalue weighted by Gasteiger charge is -2.23. The quantitative estimate of drug-likeness (QED) is 0.557. The molecule has 168 valence electrons. The summed E-state index contributed by atoms with van der Waals surface area (Å²) in [5, 5.41) is 3.27. The van der Waals surface area contributed by atoms with Crippen LogP contribution < -0.4 is 5.32 Å². The maximum atomic E-state index is 13.2. The summed E-state index contributed by atoms with van der Waals surface area (Å²) < 4.78 is 5.21. The smallest absolute Gasteiger partial charge is 0.341 e. The molecule has 1 aromatic heterocycles. The molecule has 1 aromatic carbocycles. The number of esters is 1. The fourth-order valence-corrected chi connectivity index (χ4v) is 4.53. The van der Waals surface area contributed by atoms with Crippen molar-refractivity contribution in [1.82, 2.24) is 4.90 Å². The number of hydrogen-bond donors (Lipinski definition) is 1. The van der Waals surface area contributed by atoms with Crippen molar-refractivity contribution in [3.63, 3.8) is 0 Å². The predicted octanol–water partition coefficient (Wildman–Crippen LogP) is 4.92. The average molecular weight is 445 g/mol. The average Bonchev–Trinajstić information content (AvgIpc) is 3.05. The van der Waals surface area contributed by atoms with Crippen LogP contribution in [0.4, 0.5) is 5.00 Å². The van der Waals surface area contributed by atoms with Crippen LogP contribution in [0.1, 0.15) is 65.8 Å². The Morgan fingerprint density at radius 1 is 1.06 bits per heavy atom. The topological polar surface area (TPSA) is 75.7 Å². The SMILES string of the molecule is CCOC(=O)c1c(NC(=O)C(C)(C)Cc2ccccc2)sc(C(=O)N(CC)CC)c1C. The van der Waals surface area contributed by atoms with Crippen LogP contribution in [0.3, 0.4) is 0 Å². The Kier molecular flexibility index (Phi) is 8.39. The number of nitrogens with one attached hydrogen (secondary N) is 1. The van der Waals surface area contributed by atoms with Crippen LogP contribution >= 0.6 is 11.3 Å². The van der Waals surface area contributed by atoms with E-state index in [1.54, 1.807) is 18.7 Å². The fourth-order valence-electron chi connectivity index (χ4n) is 3.37. The first kappa shape index (κ1) is 24.6. The van der Waals surface area contributed by atoms with Crippen LogP contribution in [-0.4, -0.2) is 42.4 Å². The van der Waals surface area contributed by atoms with Gasteiger partial charge in [-0.15, -0.1) is 11.3 Å². The Morgan fingerprint density at radius 3 is 2.23 bits per heavy atom. The highest BCUT2D eigenvalue weighted by Crippen LogP contribution is 2.36. The van der Waals surface area contributed by atoms with Crippen molar-refractivity contribution in [3.8, 4) is 0 Å². The van der Waals surface area contributed by atoms with Gasteiger partial charge in [-0.05, 0) is 45.2 Å². The number of carbonyl (C=O) groups is 3. The summed E-state index contributed by atoms with van der Waals surface area (Å²) in [7, 11) is 0. The highest BCUT2D eigenvalue weighted by molar-refractivity contribution is 7.18. The second-order valence-corrected chi connectivity index (χ2v) is 8.98. The van der Waals surface area contributed by atoms with E-state index in [2.05, 4.69) is 5.32 Å². The molecule has 1 heterocycles. The number of benzene rings is 1. The van der Waals surface area contributed by atoms with Gasteiger partial charge in [-0.1, -0.05) is 44.2 Å². The molecule has 0 aliphatic rings. The van der Waals surface area contributed by atoms with E-state index in [1.165, 1.54) is 0 Å². The van der Waals surface area contributed by atoms with Crippen molar-refractivity contribution in [2.45, 2.75) is 48.0 Å². The molecule has 0 radical (unpaired) electrons. The van der Waals surface area contributed by atoms with E-state index in [-0.39, 0.29) is 24.0 Å². The molecular weight excluding hydrogens is 412 g/mol.